The fourth-order valence-electron chi connectivity index (χ4n) is 2.78. The van der Waals surface area contributed by atoms with Crippen molar-refractivity contribution in [3.05, 3.63) is 65.2 Å². The zero-order chi connectivity index (χ0) is 17.2. The van der Waals surface area contributed by atoms with Gasteiger partial charge in [-0.2, -0.15) is 13.2 Å². The molecule has 6 heteroatoms. The number of para-hydroxylation sites is 1. The molecular weight excluding hydrogens is 319 g/mol. The lowest BCUT2D eigenvalue weighted by atomic mass is 10.00. The molecule has 1 heterocycles. The number of carbonyl (C=O) groups excluding carboxylic acids is 1. The highest BCUT2D eigenvalue weighted by atomic mass is 19.4. The first-order chi connectivity index (χ1) is 11.4. The molecular formula is C18H16F3NO2. The Morgan fingerprint density at radius 1 is 1.17 bits per heavy atom. The van der Waals surface area contributed by atoms with E-state index in [4.69, 9.17) is 4.74 Å². The van der Waals surface area contributed by atoms with Gasteiger partial charge < -0.3 is 10.1 Å². The van der Waals surface area contributed by atoms with Gasteiger partial charge in [-0.25, -0.2) is 0 Å². The van der Waals surface area contributed by atoms with Crippen molar-refractivity contribution in [2.75, 3.05) is 6.61 Å². The van der Waals surface area contributed by atoms with Crippen molar-refractivity contribution < 1.29 is 22.7 Å². The number of halogens is 3. The number of rotatable bonds is 3. The Morgan fingerprint density at radius 3 is 2.75 bits per heavy atom. The van der Waals surface area contributed by atoms with Crippen LogP contribution < -0.4 is 10.1 Å². The molecule has 2 aromatic rings. The third kappa shape index (κ3) is 3.69. The van der Waals surface area contributed by atoms with Crippen LogP contribution in [0.2, 0.25) is 0 Å². The first kappa shape index (κ1) is 16.4. The van der Waals surface area contributed by atoms with Crippen LogP contribution in [0.3, 0.4) is 0 Å². The fraction of sp³-hybridized carbons (Fsp3) is 0.278. The molecule has 0 saturated carbocycles. The molecule has 3 nitrogen and oxygen atoms in total. The average molecular weight is 335 g/mol. The maximum Gasteiger partial charge on any atom is 0.416 e. The number of hydrogen-bond donors (Lipinski definition) is 1. The van der Waals surface area contributed by atoms with E-state index in [1.54, 1.807) is 0 Å². The highest BCUT2D eigenvalue weighted by Gasteiger charge is 2.30. The summed E-state index contributed by atoms with van der Waals surface area (Å²) in [5.74, 6) is 0.421. The molecule has 0 aromatic heterocycles. The second kappa shape index (κ2) is 6.55. The summed E-state index contributed by atoms with van der Waals surface area (Å²) in [7, 11) is 0. The van der Waals surface area contributed by atoms with Crippen LogP contribution in [0.4, 0.5) is 13.2 Å². The molecule has 0 saturated heterocycles. The number of alkyl halides is 3. The molecule has 1 atom stereocenters. The van der Waals surface area contributed by atoms with Gasteiger partial charge in [-0.3, -0.25) is 4.79 Å². The van der Waals surface area contributed by atoms with E-state index in [2.05, 4.69) is 5.32 Å². The van der Waals surface area contributed by atoms with Gasteiger partial charge in [0.2, 0.25) is 5.91 Å². The SMILES string of the molecule is O=C(Cc1cccc(C(F)(F)F)c1)N[C@H]1CCOc2ccccc21. The van der Waals surface area contributed by atoms with Crippen LogP contribution in [0.25, 0.3) is 0 Å². The Balaban J connectivity index is 1.69. The van der Waals surface area contributed by atoms with Gasteiger partial charge in [-0.15, -0.1) is 0 Å². The van der Waals surface area contributed by atoms with Crippen molar-refractivity contribution in [1.82, 2.24) is 5.32 Å². The Hall–Kier alpha value is -2.50. The summed E-state index contributed by atoms with van der Waals surface area (Å²) in [6, 6.07) is 12.1. The van der Waals surface area contributed by atoms with Crippen LogP contribution in [0.5, 0.6) is 5.75 Å². The van der Waals surface area contributed by atoms with Gasteiger partial charge in [0, 0.05) is 12.0 Å². The molecule has 2 aromatic carbocycles. The topological polar surface area (TPSA) is 38.3 Å². The maximum atomic E-state index is 12.7. The van der Waals surface area contributed by atoms with Crippen LogP contribution in [-0.4, -0.2) is 12.5 Å². The summed E-state index contributed by atoms with van der Waals surface area (Å²) in [5.41, 5.74) is 0.480. The number of carbonyl (C=O) groups is 1. The van der Waals surface area contributed by atoms with Crippen LogP contribution in [0, 0.1) is 0 Å². The van der Waals surface area contributed by atoms with Crippen molar-refractivity contribution in [3.63, 3.8) is 0 Å². The van der Waals surface area contributed by atoms with E-state index in [0.29, 0.717) is 18.6 Å². The van der Waals surface area contributed by atoms with Gasteiger partial charge in [-0.05, 0) is 17.7 Å². The second-order valence-electron chi connectivity index (χ2n) is 5.67. The molecule has 126 valence electrons. The lowest BCUT2D eigenvalue weighted by Crippen LogP contribution is -2.33. The Labute approximate surface area is 137 Å². The molecule has 1 aliphatic heterocycles. The van der Waals surface area contributed by atoms with Gasteiger partial charge in [0.05, 0.1) is 24.6 Å². The maximum absolute atomic E-state index is 12.7. The van der Waals surface area contributed by atoms with Crippen LogP contribution in [-0.2, 0) is 17.4 Å². The molecule has 1 N–H and O–H groups in total. The Bertz CT molecular complexity index is 743. The number of amides is 1. The quantitative estimate of drug-likeness (QED) is 0.924. The number of fused-ring (bicyclic) bond motifs is 1. The summed E-state index contributed by atoms with van der Waals surface area (Å²) in [4.78, 5) is 12.2. The molecule has 0 unspecified atom stereocenters. The van der Waals surface area contributed by atoms with Crippen molar-refractivity contribution in [2.45, 2.75) is 25.1 Å². The van der Waals surface area contributed by atoms with Crippen molar-refractivity contribution >= 4 is 5.91 Å². The molecule has 0 spiro atoms. The third-order valence-electron chi connectivity index (χ3n) is 3.91. The normalized spacial score (nSPS) is 16.9. The zero-order valence-electron chi connectivity index (χ0n) is 12.8. The van der Waals surface area contributed by atoms with E-state index in [1.165, 1.54) is 12.1 Å². The van der Waals surface area contributed by atoms with Crippen molar-refractivity contribution in [3.8, 4) is 5.75 Å². The highest BCUT2D eigenvalue weighted by Crippen LogP contribution is 2.32. The molecule has 24 heavy (non-hydrogen) atoms. The van der Waals surface area contributed by atoms with Crippen LogP contribution in [0.1, 0.15) is 29.2 Å². The zero-order valence-corrected chi connectivity index (χ0v) is 12.8. The number of hydrogen-bond acceptors (Lipinski definition) is 2. The summed E-state index contributed by atoms with van der Waals surface area (Å²) in [6.45, 7) is 0.492. The number of ether oxygens (including phenoxy) is 1. The minimum absolute atomic E-state index is 0.0938. The Morgan fingerprint density at radius 2 is 1.96 bits per heavy atom. The van der Waals surface area contributed by atoms with Gasteiger partial charge in [0.25, 0.3) is 0 Å². The standard InChI is InChI=1S/C18H16F3NO2/c19-18(20,21)13-5-3-4-12(10-13)11-17(23)22-15-8-9-24-16-7-2-1-6-14(15)16/h1-7,10,15H,8-9,11H2,(H,22,23)/t15-/m0/s1. The fourth-order valence-corrected chi connectivity index (χ4v) is 2.78. The lowest BCUT2D eigenvalue weighted by Gasteiger charge is -2.26. The largest absolute Gasteiger partial charge is 0.493 e. The summed E-state index contributed by atoms with van der Waals surface area (Å²) >= 11 is 0. The monoisotopic (exact) mass is 335 g/mol. The molecule has 1 amide bonds. The Kier molecular flexibility index (Phi) is 4.46. The molecule has 0 bridgehead atoms. The highest BCUT2D eigenvalue weighted by molar-refractivity contribution is 5.79. The van der Waals surface area contributed by atoms with Gasteiger partial charge in [0.1, 0.15) is 5.75 Å². The van der Waals surface area contributed by atoms with E-state index in [-0.39, 0.29) is 18.4 Å². The smallest absolute Gasteiger partial charge is 0.416 e. The van der Waals surface area contributed by atoms with E-state index in [0.717, 1.165) is 23.4 Å². The van der Waals surface area contributed by atoms with Crippen molar-refractivity contribution in [1.29, 1.82) is 0 Å². The van der Waals surface area contributed by atoms with E-state index in [1.807, 2.05) is 24.3 Å². The summed E-state index contributed by atoms with van der Waals surface area (Å²) in [5, 5.41) is 2.88. The second-order valence-corrected chi connectivity index (χ2v) is 5.67. The number of benzene rings is 2. The van der Waals surface area contributed by atoms with Gasteiger partial charge in [-0.1, -0.05) is 36.4 Å². The summed E-state index contributed by atoms with van der Waals surface area (Å²) < 4.78 is 43.7. The van der Waals surface area contributed by atoms with E-state index in [9.17, 15) is 18.0 Å². The van der Waals surface area contributed by atoms with E-state index >= 15 is 0 Å². The van der Waals surface area contributed by atoms with Crippen LogP contribution in [0.15, 0.2) is 48.5 Å². The first-order valence-electron chi connectivity index (χ1n) is 7.61. The lowest BCUT2D eigenvalue weighted by molar-refractivity contribution is -0.137. The summed E-state index contributed by atoms with van der Waals surface area (Å²) in [6.07, 6.45) is -3.87. The van der Waals surface area contributed by atoms with Crippen LogP contribution >= 0.6 is 0 Å². The minimum Gasteiger partial charge on any atom is -0.493 e. The minimum atomic E-state index is -4.41. The average Bonchev–Trinajstić information content (AvgIpc) is 2.54. The number of nitrogens with one attached hydrogen (secondary N) is 1. The molecule has 0 fully saturated rings. The molecule has 1 aliphatic rings. The predicted molar refractivity (Wildman–Crippen MR) is 82.6 cm³/mol. The van der Waals surface area contributed by atoms with Gasteiger partial charge in [0.15, 0.2) is 0 Å². The van der Waals surface area contributed by atoms with E-state index < -0.39 is 11.7 Å². The van der Waals surface area contributed by atoms with Crippen molar-refractivity contribution in [2.24, 2.45) is 0 Å². The molecule has 3 rings (SSSR count). The van der Waals surface area contributed by atoms with Gasteiger partial charge >= 0.3 is 6.18 Å². The molecule has 0 aliphatic carbocycles. The predicted octanol–water partition coefficient (Wildman–Crippen LogP) is 3.89. The molecule has 0 radical (unpaired) electrons. The first-order valence-corrected chi connectivity index (χ1v) is 7.61. The third-order valence-corrected chi connectivity index (χ3v) is 3.91.